The Hall–Kier alpha value is -1.47. The summed E-state index contributed by atoms with van der Waals surface area (Å²) in [6.45, 7) is 10.9. The molecular formula is C15H30N4O3. The van der Waals surface area contributed by atoms with Crippen molar-refractivity contribution in [3.63, 3.8) is 0 Å². The van der Waals surface area contributed by atoms with Crippen LogP contribution >= 0.6 is 0 Å². The largest absolute Gasteiger partial charge is 0.481 e. The SMILES string of the molecule is CC(=N)C(C)(C)NCCCNC(C)(C)/C(CCC(=O)O)=N/O. The molecule has 7 nitrogen and oxygen atoms in total. The Bertz CT molecular complexity index is 417. The molecule has 0 aliphatic carbocycles. The Morgan fingerprint density at radius 2 is 1.59 bits per heavy atom. The molecule has 0 heterocycles. The Labute approximate surface area is 132 Å². The van der Waals surface area contributed by atoms with E-state index in [2.05, 4.69) is 15.8 Å². The summed E-state index contributed by atoms with van der Waals surface area (Å²) in [6.07, 6.45) is 1.00. The summed E-state index contributed by atoms with van der Waals surface area (Å²) in [5.41, 5.74) is 0.147. The molecule has 0 unspecified atom stereocenters. The van der Waals surface area contributed by atoms with Gasteiger partial charge in [0.05, 0.1) is 23.2 Å². The first-order chi connectivity index (χ1) is 10.0. The van der Waals surface area contributed by atoms with Crippen LogP contribution in [0.4, 0.5) is 0 Å². The molecule has 22 heavy (non-hydrogen) atoms. The summed E-state index contributed by atoms with van der Waals surface area (Å²) in [6, 6.07) is 0. The Balaban J connectivity index is 4.21. The molecule has 0 saturated heterocycles. The van der Waals surface area contributed by atoms with Crippen molar-refractivity contribution in [1.82, 2.24) is 10.6 Å². The third-order valence-corrected chi connectivity index (χ3v) is 3.84. The molecule has 0 rings (SSSR count). The first-order valence-electron chi connectivity index (χ1n) is 7.52. The Morgan fingerprint density at radius 3 is 2.00 bits per heavy atom. The lowest BCUT2D eigenvalue weighted by Crippen LogP contribution is -2.49. The number of oxime groups is 1. The van der Waals surface area contributed by atoms with Crippen molar-refractivity contribution in [2.75, 3.05) is 13.1 Å². The van der Waals surface area contributed by atoms with E-state index >= 15 is 0 Å². The first-order valence-corrected chi connectivity index (χ1v) is 7.52. The minimum absolute atomic E-state index is 0.0567. The number of aliphatic carboxylic acids is 1. The number of carbonyl (C=O) groups is 1. The van der Waals surface area contributed by atoms with Crippen LogP contribution in [-0.2, 0) is 4.79 Å². The number of nitrogens with one attached hydrogen (secondary N) is 3. The zero-order chi connectivity index (χ0) is 17.4. The van der Waals surface area contributed by atoms with Crippen LogP contribution in [0.1, 0.15) is 53.9 Å². The van der Waals surface area contributed by atoms with Crippen molar-refractivity contribution < 1.29 is 15.1 Å². The average Bonchev–Trinajstić information content (AvgIpc) is 2.37. The number of rotatable bonds is 11. The normalized spacial score (nSPS) is 13.2. The zero-order valence-electron chi connectivity index (χ0n) is 14.3. The van der Waals surface area contributed by atoms with E-state index in [9.17, 15) is 4.79 Å². The van der Waals surface area contributed by atoms with Crippen LogP contribution in [0.2, 0.25) is 0 Å². The second-order valence-electron chi connectivity index (χ2n) is 6.52. The van der Waals surface area contributed by atoms with Gasteiger partial charge in [0.15, 0.2) is 0 Å². The van der Waals surface area contributed by atoms with Gasteiger partial charge in [0.2, 0.25) is 0 Å². The molecule has 0 amide bonds. The molecule has 0 saturated carbocycles. The van der Waals surface area contributed by atoms with E-state index in [1.807, 2.05) is 27.7 Å². The van der Waals surface area contributed by atoms with Crippen molar-refractivity contribution in [3.8, 4) is 0 Å². The molecule has 0 bridgehead atoms. The van der Waals surface area contributed by atoms with E-state index in [-0.39, 0.29) is 18.4 Å². The zero-order valence-corrected chi connectivity index (χ0v) is 14.3. The molecule has 0 spiro atoms. The Kier molecular flexibility index (Phi) is 8.26. The number of carboxylic acid groups (broad SMARTS) is 1. The molecule has 0 aliphatic rings. The molecule has 0 aromatic heterocycles. The van der Waals surface area contributed by atoms with Crippen LogP contribution in [0.15, 0.2) is 5.16 Å². The van der Waals surface area contributed by atoms with E-state index in [0.29, 0.717) is 18.0 Å². The van der Waals surface area contributed by atoms with Crippen LogP contribution in [0, 0.1) is 5.41 Å². The maximum absolute atomic E-state index is 10.6. The summed E-state index contributed by atoms with van der Waals surface area (Å²) in [4.78, 5) is 10.6. The highest BCUT2D eigenvalue weighted by Gasteiger charge is 2.25. The minimum atomic E-state index is -0.912. The summed E-state index contributed by atoms with van der Waals surface area (Å²) < 4.78 is 0. The number of nitrogens with zero attached hydrogens (tertiary/aromatic N) is 1. The van der Waals surface area contributed by atoms with Gasteiger partial charge in [-0.1, -0.05) is 5.16 Å². The maximum Gasteiger partial charge on any atom is 0.303 e. The fourth-order valence-electron chi connectivity index (χ4n) is 1.84. The lowest BCUT2D eigenvalue weighted by molar-refractivity contribution is -0.136. The summed E-state index contributed by atoms with van der Waals surface area (Å²) in [5.74, 6) is -0.912. The van der Waals surface area contributed by atoms with Crippen LogP contribution < -0.4 is 10.6 Å². The van der Waals surface area contributed by atoms with Crippen LogP contribution in [0.3, 0.4) is 0 Å². The van der Waals surface area contributed by atoms with Crippen molar-refractivity contribution in [2.45, 2.75) is 65.0 Å². The van der Waals surface area contributed by atoms with Crippen molar-refractivity contribution in [3.05, 3.63) is 0 Å². The first kappa shape index (κ1) is 20.5. The molecule has 0 aromatic carbocycles. The van der Waals surface area contributed by atoms with Gasteiger partial charge in [-0.2, -0.15) is 0 Å². The predicted molar refractivity (Wildman–Crippen MR) is 88.3 cm³/mol. The highest BCUT2D eigenvalue weighted by atomic mass is 16.4. The lowest BCUT2D eigenvalue weighted by atomic mass is 9.94. The van der Waals surface area contributed by atoms with E-state index in [1.54, 1.807) is 6.92 Å². The van der Waals surface area contributed by atoms with Gasteiger partial charge in [0.1, 0.15) is 0 Å². The van der Waals surface area contributed by atoms with Crippen molar-refractivity contribution >= 4 is 17.4 Å². The van der Waals surface area contributed by atoms with E-state index in [1.165, 1.54) is 0 Å². The standard InChI is InChI=1S/C15H30N4O3/c1-11(16)14(2,3)17-9-6-10-18-15(4,5)12(19-22)7-8-13(20)21/h16-18,22H,6-10H2,1-5H3,(H,20,21)/b16-11?,19-12+. The molecule has 5 N–H and O–H groups in total. The second-order valence-corrected chi connectivity index (χ2v) is 6.52. The van der Waals surface area contributed by atoms with Gasteiger partial charge in [-0.3, -0.25) is 4.79 Å². The quantitative estimate of drug-likeness (QED) is 0.173. The molecule has 128 valence electrons. The van der Waals surface area contributed by atoms with Crippen molar-refractivity contribution in [1.29, 1.82) is 5.41 Å². The molecule has 0 atom stereocenters. The average molecular weight is 314 g/mol. The molecule has 7 heteroatoms. The van der Waals surface area contributed by atoms with Gasteiger partial charge in [-0.25, -0.2) is 0 Å². The minimum Gasteiger partial charge on any atom is -0.481 e. The third kappa shape index (κ3) is 7.51. The molecule has 0 aromatic rings. The van der Waals surface area contributed by atoms with Crippen LogP contribution in [0.5, 0.6) is 0 Å². The lowest BCUT2D eigenvalue weighted by Gasteiger charge is -2.28. The van der Waals surface area contributed by atoms with Gasteiger partial charge >= 0.3 is 5.97 Å². The smallest absolute Gasteiger partial charge is 0.303 e. The van der Waals surface area contributed by atoms with E-state index in [0.717, 1.165) is 13.0 Å². The number of carboxylic acids is 1. The predicted octanol–water partition coefficient (Wildman–Crippen LogP) is 1.85. The second kappa shape index (κ2) is 8.85. The highest BCUT2D eigenvalue weighted by Crippen LogP contribution is 2.11. The third-order valence-electron chi connectivity index (χ3n) is 3.84. The van der Waals surface area contributed by atoms with Gasteiger partial charge in [-0.05, 0) is 54.1 Å². The van der Waals surface area contributed by atoms with Crippen LogP contribution in [0.25, 0.3) is 0 Å². The molecule has 0 aliphatic heterocycles. The van der Waals surface area contributed by atoms with Gasteiger partial charge < -0.3 is 26.4 Å². The Morgan fingerprint density at radius 1 is 1.09 bits per heavy atom. The number of hydrogen-bond donors (Lipinski definition) is 5. The molecular weight excluding hydrogens is 284 g/mol. The van der Waals surface area contributed by atoms with Crippen LogP contribution in [-0.4, -0.2) is 51.9 Å². The van der Waals surface area contributed by atoms with Gasteiger partial charge in [0.25, 0.3) is 0 Å². The van der Waals surface area contributed by atoms with E-state index < -0.39 is 11.5 Å². The highest BCUT2D eigenvalue weighted by molar-refractivity contribution is 5.94. The van der Waals surface area contributed by atoms with Gasteiger partial charge in [-0.15, -0.1) is 0 Å². The fraction of sp³-hybridized carbons (Fsp3) is 0.800. The van der Waals surface area contributed by atoms with Gasteiger partial charge in [0, 0.05) is 12.1 Å². The summed E-state index contributed by atoms with van der Waals surface area (Å²) in [5, 5.41) is 35.3. The molecule has 0 fully saturated rings. The maximum atomic E-state index is 10.6. The molecule has 0 radical (unpaired) electrons. The monoisotopic (exact) mass is 314 g/mol. The summed E-state index contributed by atoms with van der Waals surface area (Å²) in [7, 11) is 0. The summed E-state index contributed by atoms with van der Waals surface area (Å²) >= 11 is 0. The number of hydrogen-bond acceptors (Lipinski definition) is 6. The van der Waals surface area contributed by atoms with E-state index in [4.69, 9.17) is 15.7 Å². The topological polar surface area (TPSA) is 118 Å². The fourth-order valence-corrected chi connectivity index (χ4v) is 1.84. The van der Waals surface area contributed by atoms with Crippen molar-refractivity contribution in [2.24, 2.45) is 5.16 Å².